The molecular formula is C15H24N2O. The van der Waals surface area contributed by atoms with Crippen LogP contribution in [0.25, 0.3) is 0 Å². The van der Waals surface area contributed by atoms with Gasteiger partial charge in [0.1, 0.15) is 5.82 Å². The number of nitrogens with zero attached hydrogens (tertiary/aromatic N) is 1. The van der Waals surface area contributed by atoms with Crippen molar-refractivity contribution in [3.63, 3.8) is 0 Å². The van der Waals surface area contributed by atoms with E-state index in [4.69, 9.17) is 4.74 Å². The Morgan fingerprint density at radius 1 is 1.44 bits per heavy atom. The van der Waals surface area contributed by atoms with Gasteiger partial charge in [-0.3, -0.25) is 0 Å². The molecule has 0 radical (unpaired) electrons. The van der Waals surface area contributed by atoms with Crippen molar-refractivity contribution in [1.82, 2.24) is 4.98 Å². The fourth-order valence-corrected chi connectivity index (χ4v) is 2.68. The molecule has 100 valence electrons. The monoisotopic (exact) mass is 248 g/mol. The molecule has 1 N–H and O–H groups in total. The summed E-state index contributed by atoms with van der Waals surface area (Å²) in [4.78, 5) is 4.21. The van der Waals surface area contributed by atoms with Gasteiger partial charge in [0.2, 0.25) is 0 Å². The molecule has 0 spiro atoms. The van der Waals surface area contributed by atoms with E-state index >= 15 is 0 Å². The van der Waals surface area contributed by atoms with Crippen LogP contribution < -0.4 is 5.32 Å². The molecular weight excluding hydrogens is 224 g/mol. The summed E-state index contributed by atoms with van der Waals surface area (Å²) in [5.41, 5.74) is 1.20. The van der Waals surface area contributed by atoms with Gasteiger partial charge in [-0.15, -0.1) is 0 Å². The lowest BCUT2D eigenvalue weighted by Crippen LogP contribution is -2.22. The summed E-state index contributed by atoms with van der Waals surface area (Å²) >= 11 is 0. The molecule has 3 nitrogen and oxygen atoms in total. The van der Waals surface area contributed by atoms with Crippen LogP contribution in [0.5, 0.6) is 0 Å². The Bertz CT molecular complexity index is 367. The third-order valence-electron chi connectivity index (χ3n) is 3.88. The highest BCUT2D eigenvalue weighted by atomic mass is 16.5. The number of hydrogen-bond acceptors (Lipinski definition) is 3. The summed E-state index contributed by atoms with van der Waals surface area (Å²) in [5.74, 6) is 1.78. The van der Waals surface area contributed by atoms with Gasteiger partial charge in [-0.1, -0.05) is 26.2 Å². The van der Waals surface area contributed by atoms with Crippen molar-refractivity contribution >= 4 is 5.82 Å². The third-order valence-corrected chi connectivity index (χ3v) is 3.88. The number of anilines is 1. The van der Waals surface area contributed by atoms with Crippen molar-refractivity contribution in [2.75, 3.05) is 12.4 Å². The number of ether oxygens (including phenoxy) is 1. The largest absolute Gasteiger partial charge is 0.374 e. The van der Waals surface area contributed by atoms with Gasteiger partial charge >= 0.3 is 0 Å². The number of hydrogen-bond donors (Lipinski definition) is 1. The minimum absolute atomic E-state index is 0.454. The maximum absolute atomic E-state index is 6.05. The molecule has 1 heterocycles. The van der Waals surface area contributed by atoms with Crippen molar-refractivity contribution in [2.45, 2.75) is 51.7 Å². The predicted molar refractivity (Wildman–Crippen MR) is 74.6 cm³/mol. The lowest BCUT2D eigenvalue weighted by Gasteiger charge is -2.28. The third kappa shape index (κ3) is 3.70. The van der Waals surface area contributed by atoms with E-state index in [-0.39, 0.29) is 0 Å². The van der Waals surface area contributed by atoms with Crippen LogP contribution >= 0.6 is 0 Å². The molecule has 2 rings (SSSR count). The highest BCUT2D eigenvalue weighted by Crippen LogP contribution is 2.28. The minimum Gasteiger partial charge on any atom is -0.374 e. The zero-order valence-electron chi connectivity index (χ0n) is 11.5. The van der Waals surface area contributed by atoms with Crippen LogP contribution in [-0.2, 0) is 11.3 Å². The van der Waals surface area contributed by atoms with Gasteiger partial charge in [0.05, 0.1) is 12.7 Å². The lowest BCUT2D eigenvalue weighted by molar-refractivity contribution is 0.00176. The van der Waals surface area contributed by atoms with Crippen LogP contribution in [0.4, 0.5) is 5.82 Å². The van der Waals surface area contributed by atoms with Crippen molar-refractivity contribution in [3.05, 3.63) is 23.9 Å². The summed E-state index contributed by atoms with van der Waals surface area (Å²) < 4.78 is 6.05. The lowest BCUT2D eigenvalue weighted by atomic mass is 9.85. The molecule has 1 aromatic heterocycles. The van der Waals surface area contributed by atoms with Crippen molar-refractivity contribution in [1.29, 1.82) is 0 Å². The number of nitrogens with one attached hydrogen (secondary N) is 1. The molecule has 3 heteroatoms. The molecule has 1 fully saturated rings. The summed E-state index contributed by atoms with van der Waals surface area (Å²) in [6.07, 6.45) is 8.74. The molecule has 1 aliphatic carbocycles. The van der Waals surface area contributed by atoms with E-state index in [1.807, 2.05) is 19.3 Å². The minimum atomic E-state index is 0.454. The fourth-order valence-electron chi connectivity index (χ4n) is 2.68. The first-order chi connectivity index (χ1) is 8.81. The zero-order valence-corrected chi connectivity index (χ0v) is 11.5. The van der Waals surface area contributed by atoms with Crippen molar-refractivity contribution < 1.29 is 4.74 Å². The van der Waals surface area contributed by atoms with Gasteiger partial charge in [-0.25, -0.2) is 4.98 Å². The Morgan fingerprint density at radius 3 is 3.11 bits per heavy atom. The highest BCUT2D eigenvalue weighted by molar-refractivity contribution is 5.36. The molecule has 1 saturated carbocycles. The number of pyridine rings is 1. The fraction of sp³-hybridized carbons (Fsp3) is 0.667. The van der Waals surface area contributed by atoms with Crippen molar-refractivity contribution in [2.24, 2.45) is 5.92 Å². The van der Waals surface area contributed by atoms with E-state index in [0.29, 0.717) is 12.7 Å². The second kappa shape index (κ2) is 6.74. The van der Waals surface area contributed by atoms with E-state index in [1.54, 1.807) is 0 Å². The van der Waals surface area contributed by atoms with Crippen LogP contribution in [0.15, 0.2) is 18.3 Å². The average molecular weight is 248 g/mol. The maximum atomic E-state index is 6.05. The molecule has 2 unspecified atom stereocenters. The second-order valence-electron chi connectivity index (χ2n) is 5.17. The molecule has 1 aromatic rings. The van der Waals surface area contributed by atoms with Crippen LogP contribution in [0, 0.1) is 5.92 Å². The average Bonchev–Trinajstić information content (AvgIpc) is 2.45. The van der Waals surface area contributed by atoms with Crippen LogP contribution in [0.1, 0.15) is 44.6 Å². The first-order valence-corrected chi connectivity index (χ1v) is 7.06. The van der Waals surface area contributed by atoms with Crippen LogP contribution in [0.2, 0.25) is 0 Å². The molecule has 2 atom stereocenters. The maximum Gasteiger partial charge on any atom is 0.125 e. The Balaban J connectivity index is 1.83. The summed E-state index contributed by atoms with van der Waals surface area (Å²) in [5, 5.41) is 3.05. The topological polar surface area (TPSA) is 34.1 Å². The number of rotatable bonds is 5. The van der Waals surface area contributed by atoms with E-state index in [1.165, 1.54) is 37.7 Å². The Kier molecular flexibility index (Phi) is 5.00. The first-order valence-electron chi connectivity index (χ1n) is 7.06. The molecule has 0 saturated heterocycles. The second-order valence-corrected chi connectivity index (χ2v) is 5.17. The van der Waals surface area contributed by atoms with Gasteiger partial charge in [-0.05, 0) is 36.5 Å². The van der Waals surface area contributed by atoms with Crippen LogP contribution in [-0.4, -0.2) is 18.1 Å². The van der Waals surface area contributed by atoms with E-state index in [0.717, 1.165) is 11.7 Å². The quantitative estimate of drug-likeness (QED) is 0.864. The van der Waals surface area contributed by atoms with E-state index in [2.05, 4.69) is 23.3 Å². The van der Waals surface area contributed by atoms with E-state index < -0.39 is 0 Å². The zero-order chi connectivity index (χ0) is 12.8. The highest BCUT2D eigenvalue weighted by Gasteiger charge is 2.21. The molecule has 0 bridgehead atoms. The van der Waals surface area contributed by atoms with Gasteiger partial charge in [0.15, 0.2) is 0 Å². The van der Waals surface area contributed by atoms with Crippen LogP contribution in [0.3, 0.4) is 0 Å². The Morgan fingerprint density at radius 2 is 2.33 bits per heavy atom. The number of aromatic nitrogens is 1. The Labute approximate surface area is 110 Å². The smallest absolute Gasteiger partial charge is 0.125 e. The SMILES string of the molecule is CCC1CCCC(OCc2ccnc(NC)c2)C1. The summed E-state index contributed by atoms with van der Waals surface area (Å²) in [6, 6.07) is 4.08. The van der Waals surface area contributed by atoms with Gasteiger partial charge in [0, 0.05) is 13.2 Å². The molecule has 18 heavy (non-hydrogen) atoms. The van der Waals surface area contributed by atoms with Gasteiger partial charge in [0.25, 0.3) is 0 Å². The van der Waals surface area contributed by atoms with E-state index in [9.17, 15) is 0 Å². The molecule has 0 aliphatic heterocycles. The summed E-state index contributed by atoms with van der Waals surface area (Å²) in [6.45, 7) is 2.99. The molecule has 0 aromatic carbocycles. The standard InChI is InChI=1S/C15H24N2O/c1-3-12-5-4-6-14(9-12)18-11-13-7-8-17-15(10-13)16-2/h7-8,10,12,14H,3-6,9,11H2,1-2H3,(H,16,17). The van der Waals surface area contributed by atoms with Gasteiger partial charge < -0.3 is 10.1 Å². The summed E-state index contributed by atoms with van der Waals surface area (Å²) in [7, 11) is 1.89. The predicted octanol–water partition coefficient (Wildman–Crippen LogP) is 3.61. The molecule has 1 aliphatic rings. The normalized spacial score (nSPS) is 23.9. The first kappa shape index (κ1) is 13.3. The Hall–Kier alpha value is -1.09. The van der Waals surface area contributed by atoms with Gasteiger partial charge in [-0.2, -0.15) is 0 Å². The molecule has 0 amide bonds. The van der Waals surface area contributed by atoms with Crippen molar-refractivity contribution in [3.8, 4) is 0 Å².